The number of halogens is 2. The molecule has 7 heteroatoms. The fraction of sp³-hybridized carbons (Fsp3) is 0.0588. The van der Waals surface area contributed by atoms with Crippen LogP contribution >= 0.6 is 39.7 Å². The van der Waals surface area contributed by atoms with Gasteiger partial charge in [-0.3, -0.25) is 5.43 Å². The zero-order valence-electron chi connectivity index (χ0n) is 12.6. The molecule has 4 nitrogen and oxygen atoms in total. The maximum Gasteiger partial charge on any atom is 0.191 e. The number of nitrogens with one attached hydrogen (secondary N) is 2. The Morgan fingerprint density at radius 2 is 2.17 bits per heavy atom. The number of hydrogen-bond acceptors (Lipinski definition) is 3. The highest BCUT2D eigenvalue weighted by molar-refractivity contribution is 9.10. The van der Waals surface area contributed by atoms with Crippen LogP contribution in [0, 0.1) is 0 Å². The predicted octanol–water partition coefficient (Wildman–Crippen LogP) is 4.99. The molecule has 0 saturated heterocycles. The van der Waals surface area contributed by atoms with Gasteiger partial charge in [0.15, 0.2) is 5.11 Å². The van der Waals surface area contributed by atoms with Crippen LogP contribution in [0.3, 0.4) is 0 Å². The first-order valence-electron chi connectivity index (χ1n) is 6.97. The Balaban J connectivity index is 1.99. The van der Waals surface area contributed by atoms with Gasteiger partial charge in [0.25, 0.3) is 0 Å². The van der Waals surface area contributed by atoms with Crippen molar-refractivity contribution in [1.82, 2.24) is 5.43 Å². The van der Waals surface area contributed by atoms with Crippen molar-refractivity contribution in [2.45, 2.75) is 0 Å². The molecule has 0 aliphatic carbocycles. The van der Waals surface area contributed by atoms with E-state index in [9.17, 15) is 0 Å². The maximum atomic E-state index is 5.93. The van der Waals surface area contributed by atoms with Crippen LogP contribution < -0.4 is 15.5 Å². The summed E-state index contributed by atoms with van der Waals surface area (Å²) in [5, 5.41) is 8.12. The van der Waals surface area contributed by atoms with E-state index in [0.717, 1.165) is 15.7 Å². The molecule has 0 bridgehead atoms. The number of hydrogen-bond donors (Lipinski definition) is 2. The van der Waals surface area contributed by atoms with Gasteiger partial charge in [-0.25, -0.2) is 0 Å². The van der Waals surface area contributed by atoms with Gasteiger partial charge >= 0.3 is 0 Å². The molecular weight excluding hydrogens is 410 g/mol. The standard InChI is InChI=1S/C17H15BrClN3OS/c1-2-8-23-16-7-6-13(18)9-12(16)11-20-22-17(24)21-15-5-3-4-14(19)10-15/h2-7,9-11H,1,8H2,(H2,21,22,24)/b20-11+. The quantitative estimate of drug-likeness (QED) is 0.297. The summed E-state index contributed by atoms with van der Waals surface area (Å²) >= 11 is 14.5. The third-order valence-electron chi connectivity index (χ3n) is 2.78. The van der Waals surface area contributed by atoms with Crippen molar-refractivity contribution < 1.29 is 4.74 Å². The van der Waals surface area contributed by atoms with Gasteiger partial charge in [-0.15, -0.1) is 0 Å². The van der Waals surface area contributed by atoms with E-state index >= 15 is 0 Å². The minimum Gasteiger partial charge on any atom is -0.489 e. The zero-order valence-corrected chi connectivity index (χ0v) is 15.8. The molecule has 0 aliphatic heterocycles. The molecular formula is C17H15BrClN3OS. The van der Waals surface area contributed by atoms with Crippen LogP contribution in [0.2, 0.25) is 5.02 Å². The SMILES string of the molecule is C=CCOc1ccc(Br)cc1/C=N/NC(=S)Nc1cccc(Cl)c1. The summed E-state index contributed by atoms with van der Waals surface area (Å²) in [6, 6.07) is 12.9. The first kappa shape index (κ1) is 18.4. The van der Waals surface area contributed by atoms with Gasteiger partial charge in [-0.2, -0.15) is 5.10 Å². The highest BCUT2D eigenvalue weighted by atomic mass is 79.9. The van der Waals surface area contributed by atoms with E-state index < -0.39 is 0 Å². The van der Waals surface area contributed by atoms with E-state index in [0.29, 0.717) is 22.5 Å². The Kier molecular flexibility index (Phi) is 7.24. The number of ether oxygens (including phenoxy) is 1. The largest absolute Gasteiger partial charge is 0.489 e. The molecule has 0 heterocycles. The van der Waals surface area contributed by atoms with Crippen LogP contribution in [0.1, 0.15) is 5.56 Å². The molecule has 2 aromatic carbocycles. The normalized spacial score (nSPS) is 10.4. The molecule has 0 radical (unpaired) electrons. The van der Waals surface area contributed by atoms with E-state index in [4.69, 9.17) is 28.6 Å². The molecule has 24 heavy (non-hydrogen) atoms. The molecule has 124 valence electrons. The van der Waals surface area contributed by atoms with Crippen LogP contribution in [0.5, 0.6) is 5.75 Å². The first-order valence-corrected chi connectivity index (χ1v) is 8.55. The lowest BCUT2D eigenvalue weighted by molar-refractivity contribution is 0.362. The van der Waals surface area contributed by atoms with Crippen molar-refractivity contribution in [3.63, 3.8) is 0 Å². The van der Waals surface area contributed by atoms with Gasteiger partial charge in [0, 0.05) is 20.7 Å². The predicted molar refractivity (Wildman–Crippen MR) is 108 cm³/mol. The number of rotatable bonds is 6. The Morgan fingerprint density at radius 3 is 2.92 bits per heavy atom. The second kappa shape index (κ2) is 9.42. The summed E-state index contributed by atoms with van der Waals surface area (Å²) in [5.41, 5.74) is 4.35. The zero-order chi connectivity index (χ0) is 17.4. The number of thiocarbonyl (C=S) groups is 1. The summed E-state index contributed by atoms with van der Waals surface area (Å²) in [5.74, 6) is 0.706. The van der Waals surface area contributed by atoms with E-state index in [1.165, 1.54) is 0 Å². The van der Waals surface area contributed by atoms with Crippen LogP contribution in [0.25, 0.3) is 0 Å². The Labute approximate surface area is 159 Å². The van der Waals surface area contributed by atoms with Gasteiger partial charge in [0.2, 0.25) is 0 Å². The topological polar surface area (TPSA) is 45.6 Å². The van der Waals surface area contributed by atoms with Crippen molar-refractivity contribution in [1.29, 1.82) is 0 Å². The van der Waals surface area contributed by atoms with Gasteiger partial charge < -0.3 is 10.1 Å². The molecule has 2 rings (SSSR count). The Morgan fingerprint density at radius 1 is 1.33 bits per heavy atom. The Bertz CT molecular complexity index is 767. The van der Waals surface area contributed by atoms with Gasteiger partial charge in [-0.05, 0) is 48.6 Å². The van der Waals surface area contributed by atoms with Crippen LogP contribution in [-0.2, 0) is 0 Å². The second-order valence-electron chi connectivity index (χ2n) is 4.62. The molecule has 2 aromatic rings. The number of benzene rings is 2. The maximum absolute atomic E-state index is 5.93. The molecule has 0 saturated carbocycles. The minimum atomic E-state index is 0.358. The van der Waals surface area contributed by atoms with Crippen LogP contribution in [0.15, 0.2) is 64.7 Å². The Hall–Kier alpha value is -1.89. The highest BCUT2D eigenvalue weighted by Crippen LogP contribution is 2.21. The van der Waals surface area contributed by atoms with Crippen molar-refractivity contribution >= 4 is 56.8 Å². The molecule has 2 N–H and O–H groups in total. The molecule has 0 aliphatic rings. The van der Waals surface area contributed by atoms with Gasteiger partial charge in [0.05, 0.1) is 6.21 Å². The van der Waals surface area contributed by atoms with Crippen LogP contribution in [0.4, 0.5) is 5.69 Å². The van der Waals surface area contributed by atoms with E-state index in [1.54, 1.807) is 24.4 Å². The molecule has 0 amide bonds. The van der Waals surface area contributed by atoms with E-state index in [2.05, 4.69) is 38.4 Å². The third kappa shape index (κ3) is 5.96. The summed E-state index contributed by atoms with van der Waals surface area (Å²) in [4.78, 5) is 0. The lowest BCUT2D eigenvalue weighted by Gasteiger charge is -2.09. The van der Waals surface area contributed by atoms with Crippen LogP contribution in [-0.4, -0.2) is 17.9 Å². The van der Waals surface area contributed by atoms with Gasteiger partial charge in [0.1, 0.15) is 12.4 Å². The summed E-state index contributed by atoms with van der Waals surface area (Å²) in [6.07, 6.45) is 3.32. The molecule has 0 aromatic heterocycles. The van der Waals surface area contributed by atoms with Crippen molar-refractivity contribution in [3.8, 4) is 5.75 Å². The number of nitrogens with zero attached hydrogens (tertiary/aromatic N) is 1. The number of hydrazone groups is 1. The smallest absolute Gasteiger partial charge is 0.191 e. The average molecular weight is 425 g/mol. The monoisotopic (exact) mass is 423 g/mol. The molecule has 0 fully saturated rings. The molecule has 0 unspecified atom stereocenters. The first-order chi connectivity index (χ1) is 11.6. The lowest BCUT2D eigenvalue weighted by atomic mass is 10.2. The highest BCUT2D eigenvalue weighted by Gasteiger charge is 2.02. The summed E-state index contributed by atoms with van der Waals surface area (Å²) in [6.45, 7) is 4.06. The van der Waals surface area contributed by atoms with Crippen molar-refractivity contribution in [3.05, 3.63) is 70.2 Å². The lowest BCUT2D eigenvalue weighted by Crippen LogP contribution is -2.23. The minimum absolute atomic E-state index is 0.358. The second-order valence-corrected chi connectivity index (χ2v) is 6.38. The third-order valence-corrected chi connectivity index (χ3v) is 3.70. The molecule has 0 atom stereocenters. The fourth-order valence-electron chi connectivity index (χ4n) is 1.79. The van der Waals surface area contributed by atoms with Gasteiger partial charge in [-0.1, -0.05) is 46.3 Å². The fourth-order valence-corrected chi connectivity index (χ4v) is 2.53. The summed E-state index contributed by atoms with van der Waals surface area (Å²) in [7, 11) is 0. The molecule has 0 spiro atoms. The average Bonchev–Trinajstić information content (AvgIpc) is 2.54. The van der Waals surface area contributed by atoms with E-state index in [-0.39, 0.29) is 0 Å². The van der Waals surface area contributed by atoms with Crippen molar-refractivity contribution in [2.75, 3.05) is 11.9 Å². The van der Waals surface area contributed by atoms with E-state index in [1.807, 2.05) is 30.3 Å². The van der Waals surface area contributed by atoms with Crippen molar-refractivity contribution in [2.24, 2.45) is 5.10 Å². The summed E-state index contributed by atoms with van der Waals surface area (Å²) < 4.78 is 6.51. The number of anilines is 1.